The SMILES string of the molecule is CC(C)(C)OC(=O)n1ccc2cc(-c3cc4c([nH]3)=NCC=4[C@H]3C=C(C#N)C(OC4CCOCC4)=CC3)ccc21. The number of nitrogens with one attached hydrogen (secondary N) is 1. The van der Waals surface area contributed by atoms with Gasteiger partial charge in [0.25, 0.3) is 0 Å². The van der Waals surface area contributed by atoms with Gasteiger partial charge in [0.1, 0.15) is 29.0 Å². The second-order valence-electron chi connectivity index (χ2n) is 11.3. The van der Waals surface area contributed by atoms with Gasteiger partial charge in [-0.25, -0.2) is 4.79 Å². The molecular formula is C31H32N4O4. The number of carbonyl (C=O) groups excluding carboxylic acids is 1. The molecule has 39 heavy (non-hydrogen) atoms. The summed E-state index contributed by atoms with van der Waals surface area (Å²) < 4.78 is 18.7. The van der Waals surface area contributed by atoms with Crippen molar-refractivity contribution in [2.45, 2.75) is 51.7 Å². The van der Waals surface area contributed by atoms with Crippen molar-refractivity contribution in [3.63, 3.8) is 0 Å². The third kappa shape index (κ3) is 5.02. The van der Waals surface area contributed by atoms with Crippen molar-refractivity contribution in [3.05, 3.63) is 70.7 Å². The highest BCUT2D eigenvalue weighted by atomic mass is 16.6. The fourth-order valence-electron chi connectivity index (χ4n) is 5.43. The minimum absolute atomic E-state index is 0.0979. The van der Waals surface area contributed by atoms with Crippen LogP contribution in [0.5, 0.6) is 0 Å². The molecule has 0 amide bonds. The number of allylic oxidation sites excluding steroid dienone is 3. The topological polar surface area (TPSA) is 102 Å². The highest BCUT2D eigenvalue weighted by Crippen LogP contribution is 2.31. The Kier molecular flexibility index (Phi) is 6.40. The quantitative estimate of drug-likeness (QED) is 0.531. The Balaban J connectivity index is 1.26. The van der Waals surface area contributed by atoms with Gasteiger partial charge < -0.3 is 19.2 Å². The molecule has 0 unspecified atom stereocenters. The van der Waals surface area contributed by atoms with Crippen molar-refractivity contribution < 1.29 is 19.0 Å². The summed E-state index contributed by atoms with van der Waals surface area (Å²) in [5.74, 6) is 0.790. The number of aromatic amines is 1. The van der Waals surface area contributed by atoms with Crippen molar-refractivity contribution in [3.8, 4) is 17.3 Å². The first-order valence-electron chi connectivity index (χ1n) is 13.5. The van der Waals surface area contributed by atoms with Crippen LogP contribution in [0.4, 0.5) is 4.79 Å². The maximum atomic E-state index is 12.6. The zero-order chi connectivity index (χ0) is 27.1. The van der Waals surface area contributed by atoms with Crippen LogP contribution in [0.25, 0.3) is 27.7 Å². The summed E-state index contributed by atoms with van der Waals surface area (Å²) in [7, 11) is 0. The first-order chi connectivity index (χ1) is 18.8. The fourth-order valence-corrected chi connectivity index (χ4v) is 5.43. The van der Waals surface area contributed by atoms with Gasteiger partial charge in [-0.2, -0.15) is 5.26 Å². The molecule has 1 N–H and O–H groups in total. The van der Waals surface area contributed by atoms with E-state index in [2.05, 4.69) is 29.3 Å². The van der Waals surface area contributed by atoms with Gasteiger partial charge in [0, 0.05) is 41.3 Å². The van der Waals surface area contributed by atoms with Gasteiger partial charge >= 0.3 is 6.09 Å². The van der Waals surface area contributed by atoms with Gasteiger partial charge in [0.2, 0.25) is 0 Å². The largest absolute Gasteiger partial charge is 0.489 e. The number of nitrogens with zero attached hydrogens (tertiary/aromatic N) is 3. The highest BCUT2D eigenvalue weighted by Gasteiger charge is 2.26. The van der Waals surface area contributed by atoms with Gasteiger partial charge in [0.15, 0.2) is 0 Å². The number of carbonyl (C=O) groups is 1. The standard InChI is InChI=1S/C31H32N4O4/c1-31(2,3)39-30(36)35-11-8-21-15-20(4-6-27(21)35)26-16-24-25(18-33-29(24)34-26)19-5-7-28(22(14-19)17-32)38-23-9-12-37-13-10-23/h4,6-8,11,14-16,19,23H,5,9-10,12-13,18H2,1-3H3,(H,33,34)/t19-/m1/s1. The Bertz CT molecular complexity index is 1670. The molecule has 6 rings (SSSR count). The summed E-state index contributed by atoms with van der Waals surface area (Å²) in [5.41, 5.74) is 4.88. The number of aromatic nitrogens is 2. The van der Waals surface area contributed by atoms with E-state index in [9.17, 15) is 10.1 Å². The minimum Gasteiger partial charge on any atom is -0.489 e. The predicted molar refractivity (Wildman–Crippen MR) is 147 cm³/mol. The number of H-pyrrole nitrogens is 1. The number of benzene rings is 1. The van der Waals surface area contributed by atoms with Gasteiger partial charge in [-0.05, 0) is 68.7 Å². The number of hydrogen-bond acceptors (Lipinski definition) is 6. The first kappa shape index (κ1) is 25.2. The second kappa shape index (κ2) is 9.90. The van der Waals surface area contributed by atoms with Crippen molar-refractivity contribution in [1.29, 1.82) is 5.26 Å². The summed E-state index contributed by atoms with van der Waals surface area (Å²) in [5, 5.41) is 11.9. The lowest BCUT2D eigenvalue weighted by atomic mass is 9.88. The molecule has 0 saturated carbocycles. The summed E-state index contributed by atoms with van der Waals surface area (Å²) in [4.78, 5) is 20.8. The molecule has 8 nitrogen and oxygen atoms in total. The number of nitriles is 1. The number of hydrogen-bond donors (Lipinski definition) is 1. The van der Waals surface area contributed by atoms with Crippen molar-refractivity contribution in [2.75, 3.05) is 19.8 Å². The normalized spacial score (nSPS) is 19.6. The van der Waals surface area contributed by atoms with Gasteiger partial charge in [-0.3, -0.25) is 9.56 Å². The Morgan fingerprint density at radius 3 is 2.79 bits per heavy atom. The van der Waals surface area contributed by atoms with Gasteiger partial charge in [0.05, 0.1) is 30.8 Å². The summed E-state index contributed by atoms with van der Waals surface area (Å²) in [6.45, 7) is 7.59. The monoisotopic (exact) mass is 524 g/mol. The Morgan fingerprint density at radius 1 is 1.21 bits per heavy atom. The number of ether oxygens (including phenoxy) is 3. The predicted octanol–water partition coefficient (Wildman–Crippen LogP) is 4.75. The lowest BCUT2D eigenvalue weighted by Gasteiger charge is -2.27. The molecule has 1 aromatic carbocycles. The molecule has 1 saturated heterocycles. The van der Waals surface area contributed by atoms with Gasteiger partial charge in [-0.15, -0.1) is 0 Å². The molecule has 0 spiro atoms. The van der Waals surface area contributed by atoms with Crippen LogP contribution in [0.1, 0.15) is 40.0 Å². The lowest BCUT2D eigenvalue weighted by Crippen LogP contribution is -2.26. The zero-order valence-electron chi connectivity index (χ0n) is 22.5. The van der Waals surface area contributed by atoms with E-state index in [-0.39, 0.29) is 12.0 Å². The smallest absolute Gasteiger partial charge is 0.418 e. The van der Waals surface area contributed by atoms with E-state index in [1.165, 1.54) is 10.1 Å². The van der Waals surface area contributed by atoms with Crippen molar-refractivity contribution in [2.24, 2.45) is 10.9 Å². The summed E-state index contributed by atoms with van der Waals surface area (Å²) in [6, 6.07) is 12.4. The molecule has 2 aromatic heterocycles. The Labute approximate surface area is 226 Å². The average molecular weight is 525 g/mol. The summed E-state index contributed by atoms with van der Waals surface area (Å²) >= 11 is 0. The molecule has 2 aliphatic heterocycles. The van der Waals surface area contributed by atoms with Crippen molar-refractivity contribution >= 4 is 22.6 Å². The zero-order valence-corrected chi connectivity index (χ0v) is 22.5. The van der Waals surface area contributed by atoms with E-state index < -0.39 is 11.7 Å². The van der Waals surface area contributed by atoms with Crippen LogP contribution < -0.4 is 10.7 Å². The van der Waals surface area contributed by atoms with Crippen LogP contribution in [-0.4, -0.2) is 47.1 Å². The minimum atomic E-state index is -0.563. The molecule has 3 aromatic rings. The van der Waals surface area contributed by atoms with Crippen LogP contribution in [0.3, 0.4) is 0 Å². The molecule has 3 aliphatic rings. The fraction of sp³-hybridized carbons (Fsp3) is 0.387. The number of fused-ring (bicyclic) bond motifs is 2. The molecule has 8 heteroatoms. The molecule has 200 valence electrons. The van der Waals surface area contributed by atoms with Crippen molar-refractivity contribution in [1.82, 2.24) is 9.55 Å². The van der Waals surface area contributed by atoms with E-state index in [4.69, 9.17) is 19.2 Å². The third-order valence-corrected chi connectivity index (χ3v) is 7.36. The first-order valence-corrected chi connectivity index (χ1v) is 13.5. The van der Waals surface area contributed by atoms with Crippen LogP contribution in [0.2, 0.25) is 0 Å². The van der Waals surface area contributed by atoms with Crippen LogP contribution in [0, 0.1) is 17.2 Å². The molecule has 0 radical (unpaired) electrons. The molecule has 1 aliphatic carbocycles. The molecule has 1 fully saturated rings. The van der Waals surface area contributed by atoms with E-state index in [0.717, 1.165) is 52.1 Å². The Morgan fingerprint density at radius 2 is 2.03 bits per heavy atom. The van der Waals surface area contributed by atoms with Gasteiger partial charge in [-0.1, -0.05) is 12.1 Å². The highest BCUT2D eigenvalue weighted by molar-refractivity contribution is 5.92. The maximum absolute atomic E-state index is 12.6. The third-order valence-electron chi connectivity index (χ3n) is 7.36. The van der Waals surface area contributed by atoms with Crippen LogP contribution in [-0.2, 0) is 14.2 Å². The summed E-state index contributed by atoms with van der Waals surface area (Å²) in [6.07, 6.45) is 8.02. The molecular weight excluding hydrogens is 492 g/mol. The molecule has 0 bridgehead atoms. The second-order valence-corrected chi connectivity index (χ2v) is 11.3. The van der Waals surface area contributed by atoms with E-state index in [0.29, 0.717) is 31.1 Å². The van der Waals surface area contributed by atoms with E-state index in [1.807, 2.05) is 45.0 Å². The number of rotatable bonds is 4. The lowest BCUT2D eigenvalue weighted by molar-refractivity contribution is -0.00188. The van der Waals surface area contributed by atoms with E-state index >= 15 is 0 Å². The molecule has 4 heterocycles. The van der Waals surface area contributed by atoms with Crippen LogP contribution >= 0.6 is 0 Å². The average Bonchev–Trinajstić information content (AvgIpc) is 3.62. The van der Waals surface area contributed by atoms with E-state index in [1.54, 1.807) is 6.20 Å². The maximum Gasteiger partial charge on any atom is 0.418 e. The molecule has 1 atom stereocenters. The Hall–Kier alpha value is -4.09. The van der Waals surface area contributed by atoms with Crippen LogP contribution in [0.15, 0.2) is 65.0 Å².